The number of nitrogens with zero attached hydrogens (tertiary/aromatic N) is 1. The predicted molar refractivity (Wildman–Crippen MR) is 68.4 cm³/mol. The molecule has 5 heteroatoms. The molecule has 0 radical (unpaired) electrons. The molecular formula is C12H7Cl2NO2. The molecule has 0 unspecified atom stereocenters. The lowest BCUT2D eigenvalue weighted by molar-refractivity contribution is -0.131. The number of carbonyl (C=O) groups is 1. The van der Waals surface area contributed by atoms with Crippen molar-refractivity contribution in [1.82, 2.24) is 4.98 Å². The predicted octanol–water partition coefficient (Wildman–Crippen LogP) is 3.64. The molecule has 3 nitrogen and oxygen atoms in total. The molecule has 0 fully saturated rings. The fourth-order valence-electron chi connectivity index (χ4n) is 1.42. The molecule has 17 heavy (non-hydrogen) atoms. The third-order valence-corrected chi connectivity index (χ3v) is 2.64. The van der Waals surface area contributed by atoms with Crippen LogP contribution in [0, 0.1) is 0 Å². The maximum atomic E-state index is 10.4. The summed E-state index contributed by atoms with van der Waals surface area (Å²) in [5, 5.41) is 10.3. The van der Waals surface area contributed by atoms with Crippen LogP contribution in [0.3, 0.4) is 0 Å². The highest BCUT2D eigenvalue weighted by molar-refractivity contribution is 6.38. The Hall–Kier alpha value is -1.58. The minimum absolute atomic E-state index is 0.443. The third-order valence-electron chi connectivity index (χ3n) is 2.13. The summed E-state index contributed by atoms with van der Waals surface area (Å²) >= 11 is 11.9. The second-order valence-electron chi connectivity index (χ2n) is 3.37. The zero-order valence-electron chi connectivity index (χ0n) is 8.52. The normalized spacial score (nSPS) is 11.2. The third kappa shape index (κ3) is 2.75. The van der Waals surface area contributed by atoms with Crippen molar-refractivity contribution in [3.63, 3.8) is 0 Å². The SMILES string of the molecule is O=C(O)/C=C/c1ccc2cc(Cl)cc(Cl)c2n1. The molecule has 86 valence electrons. The summed E-state index contributed by atoms with van der Waals surface area (Å²) in [6.45, 7) is 0. The Balaban J connectivity index is 2.54. The van der Waals surface area contributed by atoms with E-state index in [0.717, 1.165) is 11.5 Å². The average molecular weight is 268 g/mol. The number of aromatic nitrogens is 1. The van der Waals surface area contributed by atoms with Gasteiger partial charge in [0, 0.05) is 16.5 Å². The van der Waals surface area contributed by atoms with Gasteiger partial charge in [0.05, 0.1) is 16.2 Å². The average Bonchev–Trinajstić information content (AvgIpc) is 2.26. The van der Waals surface area contributed by atoms with Crippen LogP contribution in [0.5, 0.6) is 0 Å². The van der Waals surface area contributed by atoms with Gasteiger partial charge >= 0.3 is 5.97 Å². The van der Waals surface area contributed by atoms with Gasteiger partial charge in [-0.2, -0.15) is 0 Å². The molecule has 0 aliphatic heterocycles. The molecule has 1 heterocycles. The summed E-state index contributed by atoms with van der Waals surface area (Å²) in [5.41, 5.74) is 1.13. The second-order valence-corrected chi connectivity index (χ2v) is 4.21. The first-order valence-electron chi connectivity index (χ1n) is 4.73. The number of fused-ring (bicyclic) bond motifs is 1. The van der Waals surface area contributed by atoms with Crippen molar-refractivity contribution in [1.29, 1.82) is 0 Å². The van der Waals surface area contributed by atoms with Crippen molar-refractivity contribution in [3.05, 3.63) is 46.1 Å². The van der Waals surface area contributed by atoms with Gasteiger partial charge in [-0.25, -0.2) is 9.78 Å². The van der Waals surface area contributed by atoms with Gasteiger partial charge in [-0.05, 0) is 24.3 Å². The smallest absolute Gasteiger partial charge is 0.328 e. The highest BCUT2D eigenvalue weighted by Crippen LogP contribution is 2.26. The molecule has 0 saturated carbocycles. The lowest BCUT2D eigenvalue weighted by Crippen LogP contribution is -1.88. The first-order valence-corrected chi connectivity index (χ1v) is 5.48. The maximum Gasteiger partial charge on any atom is 0.328 e. The van der Waals surface area contributed by atoms with E-state index in [9.17, 15) is 4.79 Å². The Morgan fingerprint density at radius 1 is 1.29 bits per heavy atom. The Morgan fingerprint density at radius 3 is 2.76 bits per heavy atom. The Morgan fingerprint density at radius 2 is 2.06 bits per heavy atom. The van der Waals surface area contributed by atoms with Crippen LogP contribution in [-0.4, -0.2) is 16.1 Å². The number of carboxylic acid groups (broad SMARTS) is 1. The van der Waals surface area contributed by atoms with Crippen molar-refractivity contribution in [2.75, 3.05) is 0 Å². The van der Waals surface area contributed by atoms with Crippen LogP contribution in [0.4, 0.5) is 0 Å². The van der Waals surface area contributed by atoms with Crippen LogP contribution in [0.2, 0.25) is 10.0 Å². The van der Waals surface area contributed by atoms with E-state index in [4.69, 9.17) is 28.3 Å². The molecule has 0 spiro atoms. The van der Waals surface area contributed by atoms with E-state index < -0.39 is 5.97 Å². The number of hydrogen-bond donors (Lipinski definition) is 1. The summed E-state index contributed by atoms with van der Waals surface area (Å²) in [7, 11) is 0. The number of benzene rings is 1. The molecule has 0 aliphatic rings. The second kappa shape index (κ2) is 4.73. The molecule has 0 amide bonds. The summed E-state index contributed by atoms with van der Waals surface area (Å²) < 4.78 is 0. The summed E-state index contributed by atoms with van der Waals surface area (Å²) in [6.07, 6.45) is 2.44. The van der Waals surface area contributed by atoms with E-state index in [0.29, 0.717) is 21.3 Å². The van der Waals surface area contributed by atoms with Gasteiger partial charge in [0.25, 0.3) is 0 Å². The number of carboxylic acids is 1. The lowest BCUT2D eigenvalue weighted by Gasteiger charge is -2.02. The van der Waals surface area contributed by atoms with Crippen LogP contribution in [0.1, 0.15) is 5.69 Å². The standard InChI is InChI=1S/C12H7Cl2NO2/c13-8-5-7-1-2-9(3-4-11(16)17)15-12(7)10(14)6-8/h1-6H,(H,16,17)/b4-3+. The number of rotatable bonds is 2. The highest BCUT2D eigenvalue weighted by atomic mass is 35.5. The van der Waals surface area contributed by atoms with Crippen molar-refractivity contribution in [2.45, 2.75) is 0 Å². The molecule has 0 atom stereocenters. The minimum atomic E-state index is -1.02. The largest absolute Gasteiger partial charge is 0.478 e. The summed E-state index contributed by atoms with van der Waals surface area (Å²) in [5.74, 6) is -1.02. The topological polar surface area (TPSA) is 50.2 Å². The molecule has 0 saturated heterocycles. The number of pyridine rings is 1. The van der Waals surface area contributed by atoms with E-state index in [1.54, 1.807) is 24.3 Å². The Kier molecular flexibility index (Phi) is 3.31. The molecule has 1 aromatic carbocycles. The van der Waals surface area contributed by atoms with E-state index >= 15 is 0 Å². The lowest BCUT2D eigenvalue weighted by atomic mass is 10.2. The fourth-order valence-corrected chi connectivity index (χ4v) is 1.97. The van der Waals surface area contributed by atoms with E-state index in [-0.39, 0.29) is 0 Å². The van der Waals surface area contributed by atoms with Gasteiger partial charge < -0.3 is 5.11 Å². The van der Waals surface area contributed by atoms with Crippen LogP contribution in [0.15, 0.2) is 30.3 Å². The van der Waals surface area contributed by atoms with Gasteiger partial charge in [-0.3, -0.25) is 0 Å². The number of aliphatic carboxylic acids is 1. The highest BCUT2D eigenvalue weighted by Gasteiger charge is 2.03. The monoisotopic (exact) mass is 267 g/mol. The molecular weight excluding hydrogens is 261 g/mol. The number of hydrogen-bond acceptors (Lipinski definition) is 2. The van der Waals surface area contributed by atoms with Gasteiger partial charge in [-0.15, -0.1) is 0 Å². The minimum Gasteiger partial charge on any atom is -0.478 e. The molecule has 0 aliphatic carbocycles. The first-order chi connectivity index (χ1) is 8.06. The van der Waals surface area contributed by atoms with Gasteiger partial charge in [0.2, 0.25) is 0 Å². The zero-order valence-corrected chi connectivity index (χ0v) is 10.0. The fraction of sp³-hybridized carbons (Fsp3) is 0. The molecule has 0 bridgehead atoms. The van der Waals surface area contributed by atoms with Gasteiger partial charge in [0.15, 0.2) is 0 Å². The first kappa shape index (κ1) is 11.9. The maximum absolute atomic E-state index is 10.4. The quantitative estimate of drug-likeness (QED) is 0.846. The number of halogens is 2. The Bertz CT molecular complexity index is 623. The van der Waals surface area contributed by atoms with Crippen molar-refractivity contribution in [2.24, 2.45) is 0 Å². The molecule has 1 N–H and O–H groups in total. The Labute approximate surface area is 107 Å². The van der Waals surface area contributed by atoms with Crippen LogP contribution in [0.25, 0.3) is 17.0 Å². The van der Waals surface area contributed by atoms with E-state index in [1.165, 1.54) is 6.08 Å². The van der Waals surface area contributed by atoms with E-state index in [1.807, 2.05) is 0 Å². The summed E-state index contributed by atoms with van der Waals surface area (Å²) in [6, 6.07) is 6.85. The van der Waals surface area contributed by atoms with Crippen molar-refractivity contribution < 1.29 is 9.90 Å². The van der Waals surface area contributed by atoms with Gasteiger partial charge in [-0.1, -0.05) is 29.3 Å². The molecule has 2 aromatic rings. The van der Waals surface area contributed by atoms with Crippen molar-refractivity contribution >= 4 is 46.2 Å². The summed E-state index contributed by atoms with van der Waals surface area (Å²) in [4.78, 5) is 14.6. The van der Waals surface area contributed by atoms with Crippen LogP contribution in [-0.2, 0) is 4.79 Å². The van der Waals surface area contributed by atoms with Crippen molar-refractivity contribution in [3.8, 4) is 0 Å². The van der Waals surface area contributed by atoms with Crippen LogP contribution >= 0.6 is 23.2 Å². The zero-order chi connectivity index (χ0) is 12.4. The molecule has 2 rings (SSSR count). The van der Waals surface area contributed by atoms with Crippen LogP contribution < -0.4 is 0 Å². The van der Waals surface area contributed by atoms with Gasteiger partial charge in [0.1, 0.15) is 0 Å². The molecule has 1 aromatic heterocycles. The van der Waals surface area contributed by atoms with E-state index in [2.05, 4.69) is 4.98 Å².